The smallest absolute Gasteiger partial charge is 0.305 e. The van der Waals surface area contributed by atoms with Crippen molar-refractivity contribution in [2.45, 2.75) is 469 Å². The number of aliphatic hydroxyl groups excluding tert-OH is 2. The van der Waals surface area contributed by atoms with Gasteiger partial charge in [0.15, 0.2) is 0 Å². The van der Waals surface area contributed by atoms with Gasteiger partial charge >= 0.3 is 5.97 Å². The van der Waals surface area contributed by atoms with Crippen LogP contribution in [-0.2, 0) is 14.3 Å². The molecule has 0 fully saturated rings. The molecule has 0 aliphatic carbocycles. The lowest BCUT2D eigenvalue weighted by Crippen LogP contribution is -2.45. The zero-order valence-electron chi connectivity index (χ0n) is 60.4. The fourth-order valence-electron chi connectivity index (χ4n) is 13.0. The van der Waals surface area contributed by atoms with Gasteiger partial charge in [-0.05, 0) is 83.5 Å². The molecule has 89 heavy (non-hydrogen) atoms. The number of rotatable bonds is 77. The number of hydrogen-bond donors (Lipinski definition) is 3. The molecule has 0 aliphatic rings. The molecule has 6 nitrogen and oxygen atoms in total. The first-order valence-corrected chi connectivity index (χ1v) is 40.7. The molecule has 6 heteroatoms. The van der Waals surface area contributed by atoms with Crippen LogP contribution in [0.2, 0.25) is 0 Å². The topological polar surface area (TPSA) is 95.9 Å². The highest BCUT2D eigenvalue weighted by molar-refractivity contribution is 5.76. The summed E-state index contributed by atoms with van der Waals surface area (Å²) in [4.78, 5) is 24.7. The highest BCUT2D eigenvalue weighted by Gasteiger charge is 2.20. The normalized spacial score (nSPS) is 12.6. The first-order valence-electron chi connectivity index (χ1n) is 40.7. The second-order valence-electron chi connectivity index (χ2n) is 28.1. The third-order valence-corrected chi connectivity index (χ3v) is 19.2. The van der Waals surface area contributed by atoms with Gasteiger partial charge in [-0.15, -0.1) is 0 Å². The second kappa shape index (κ2) is 78.5. The van der Waals surface area contributed by atoms with E-state index in [1.165, 1.54) is 372 Å². The van der Waals surface area contributed by atoms with Crippen LogP contribution in [0.3, 0.4) is 0 Å². The van der Waals surface area contributed by atoms with Gasteiger partial charge in [-0.1, -0.05) is 397 Å². The van der Waals surface area contributed by atoms with Crippen LogP contribution in [0.15, 0.2) is 36.5 Å². The van der Waals surface area contributed by atoms with E-state index in [0.717, 1.165) is 51.4 Å². The minimum absolute atomic E-state index is 0.00670. The third-order valence-electron chi connectivity index (χ3n) is 19.2. The van der Waals surface area contributed by atoms with Crippen molar-refractivity contribution in [1.82, 2.24) is 5.32 Å². The summed E-state index contributed by atoms with van der Waals surface area (Å²) >= 11 is 0. The maximum absolute atomic E-state index is 12.6. The van der Waals surface area contributed by atoms with E-state index in [1.807, 2.05) is 0 Å². The lowest BCUT2D eigenvalue weighted by Gasteiger charge is -2.22. The third kappa shape index (κ3) is 75.0. The molecule has 0 saturated heterocycles. The number of carbonyl (C=O) groups is 2. The fourth-order valence-corrected chi connectivity index (χ4v) is 13.0. The van der Waals surface area contributed by atoms with Gasteiger partial charge in [0, 0.05) is 12.8 Å². The lowest BCUT2D eigenvalue weighted by atomic mass is 10.0. The van der Waals surface area contributed by atoms with Gasteiger partial charge in [0.1, 0.15) is 0 Å². The summed E-state index contributed by atoms with van der Waals surface area (Å²) in [6.07, 6.45) is 102. The average molecular weight is 1250 g/mol. The van der Waals surface area contributed by atoms with Crippen LogP contribution in [0, 0.1) is 0 Å². The maximum Gasteiger partial charge on any atom is 0.305 e. The van der Waals surface area contributed by atoms with Gasteiger partial charge in [-0.3, -0.25) is 9.59 Å². The number of aliphatic hydroxyl groups is 2. The Morgan fingerprint density at radius 2 is 0.562 bits per heavy atom. The van der Waals surface area contributed by atoms with Gasteiger partial charge in [-0.25, -0.2) is 0 Å². The first kappa shape index (κ1) is 87.1. The van der Waals surface area contributed by atoms with Crippen molar-refractivity contribution < 1.29 is 24.5 Å². The molecular weight excluding hydrogens is 1090 g/mol. The zero-order valence-corrected chi connectivity index (χ0v) is 60.4. The quantitative estimate of drug-likeness (QED) is 0.0320. The first-order chi connectivity index (χ1) is 44.0. The minimum Gasteiger partial charge on any atom is -0.466 e. The van der Waals surface area contributed by atoms with E-state index in [0.29, 0.717) is 25.9 Å². The van der Waals surface area contributed by atoms with Gasteiger partial charge < -0.3 is 20.3 Å². The molecule has 0 bridgehead atoms. The second-order valence-corrected chi connectivity index (χ2v) is 28.1. The minimum atomic E-state index is -0.666. The molecule has 0 aromatic rings. The molecule has 0 aromatic heterocycles. The molecule has 0 aliphatic heterocycles. The summed E-state index contributed by atoms with van der Waals surface area (Å²) in [6.45, 7) is 4.99. The van der Waals surface area contributed by atoms with Crippen LogP contribution < -0.4 is 5.32 Å². The van der Waals surface area contributed by atoms with Gasteiger partial charge in [0.25, 0.3) is 0 Å². The monoisotopic (exact) mass is 1250 g/mol. The SMILES string of the molecule is CCCCCCCCC/C=C\CCCCCCCC(=O)OCCCCCCCCCCC/C=C\C/C=C\CCCCCCCCCCCCCCCCCC(=O)NC(CO)C(O)CCCCCCCCCCCCCCCCCCCCCCCCCCC. The number of carbonyl (C=O) groups excluding carboxylic acids is 2. The number of nitrogens with one attached hydrogen (secondary N) is 1. The van der Waals surface area contributed by atoms with Crippen LogP contribution in [-0.4, -0.2) is 47.4 Å². The molecule has 0 radical (unpaired) electrons. The Labute approximate surface area is 557 Å². The molecule has 0 spiro atoms. The number of unbranched alkanes of at least 4 members (excludes halogenated alkanes) is 60. The Morgan fingerprint density at radius 3 is 0.865 bits per heavy atom. The standard InChI is InChI=1S/C83H159NO5/c1-3-5-7-9-11-13-15-17-19-21-22-23-24-32-35-38-41-44-47-51-55-59-63-67-71-75-81(86)80(79-85)84-82(87)76-72-68-64-60-56-52-48-45-42-39-36-33-30-28-26-25-27-29-31-34-37-40-43-46-50-54-58-62-66-70-74-78-89-83(88)77-73-69-65-61-57-53-49-20-18-16-14-12-10-8-6-4-2/h20,27,29,34,37,49,80-81,85-86H,3-19,21-26,28,30-33,35-36,38-48,50-79H2,1-2H3,(H,84,87)/b29-27-,37-34-,49-20-. The number of ether oxygens (including phenoxy) is 1. The molecule has 3 N–H and O–H groups in total. The highest BCUT2D eigenvalue weighted by Crippen LogP contribution is 2.20. The van der Waals surface area contributed by atoms with Crippen LogP contribution in [0.5, 0.6) is 0 Å². The van der Waals surface area contributed by atoms with E-state index in [9.17, 15) is 19.8 Å². The summed E-state index contributed by atoms with van der Waals surface area (Å²) in [6, 6.07) is -0.543. The van der Waals surface area contributed by atoms with Crippen LogP contribution in [0.1, 0.15) is 457 Å². The summed E-state index contributed by atoms with van der Waals surface area (Å²) in [5.74, 6) is -0.0221. The van der Waals surface area contributed by atoms with Gasteiger partial charge in [0.05, 0.1) is 25.4 Å². The van der Waals surface area contributed by atoms with Crippen LogP contribution in [0.25, 0.3) is 0 Å². The Morgan fingerprint density at radius 1 is 0.315 bits per heavy atom. The summed E-state index contributed by atoms with van der Waals surface area (Å²) < 4.78 is 5.50. The van der Waals surface area contributed by atoms with Gasteiger partial charge in [-0.2, -0.15) is 0 Å². The lowest BCUT2D eigenvalue weighted by molar-refractivity contribution is -0.143. The molecule has 2 atom stereocenters. The molecule has 2 unspecified atom stereocenters. The Kier molecular flexibility index (Phi) is 76.8. The Hall–Kier alpha value is -1.92. The van der Waals surface area contributed by atoms with E-state index >= 15 is 0 Å². The molecule has 0 heterocycles. The fraction of sp³-hybridized carbons (Fsp3) is 0.904. The largest absolute Gasteiger partial charge is 0.466 e. The van der Waals surface area contributed by atoms with Crippen molar-refractivity contribution in [3.8, 4) is 0 Å². The summed E-state index contributed by atoms with van der Waals surface area (Å²) in [5.41, 5.74) is 0. The van der Waals surface area contributed by atoms with Crippen LogP contribution in [0.4, 0.5) is 0 Å². The molecule has 0 saturated carbocycles. The van der Waals surface area contributed by atoms with E-state index in [2.05, 4.69) is 55.6 Å². The van der Waals surface area contributed by atoms with Crippen molar-refractivity contribution >= 4 is 11.9 Å². The van der Waals surface area contributed by atoms with E-state index in [4.69, 9.17) is 4.74 Å². The van der Waals surface area contributed by atoms with E-state index in [-0.39, 0.29) is 18.5 Å². The van der Waals surface area contributed by atoms with Crippen molar-refractivity contribution in [2.24, 2.45) is 0 Å². The molecule has 0 aromatic carbocycles. The van der Waals surface area contributed by atoms with E-state index < -0.39 is 12.1 Å². The number of hydrogen-bond acceptors (Lipinski definition) is 5. The summed E-state index contributed by atoms with van der Waals surface area (Å²) in [5, 5.41) is 23.5. The molecular formula is C83H159NO5. The van der Waals surface area contributed by atoms with Crippen molar-refractivity contribution in [1.29, 1.82) is 0 Å². The zero-order chi connectivity index (χ0) is 64.2. The van der Waals surface area contributed by atoms with Crippen molar-refractivity contribution in [2.75, 3.05) is 13.2 Å². The van der Waals surface area contributed by atoms with Gasteiger partial charge in [0.2, 0.25) is 5.91 Å². The number of allylic oxidation sites excluding steroid dienone is 6. The van der Waals surface area contributed by atoms with Crippen molar-refractivity contribution in [3.05, 3.63) is 36.5 Å². The van der Waals surface area contributed by atoms with E-state index in [1.54, 1.807) is 0 Å². The maximum atomic E-state index is 12.6. The number of amides is 1. The Balaban J connectivity index is 3.39. The Bertz CT molecular complexity index is 1440. The van der Waals surface area contributed by atoms with Crippen LogP contribution >= 0.6 is 0 Å². The summed E-state index contributed by atoms with van der Waals surface area (Å²) in [7, 11) is 0. The predicted molar refractivity (Wildman–Crippen MR) is 393 cm³/mol. The number of esters is 1. The average Bonchev–Trinajstić information content (AvgIpc) is 3.64. The molecule has 0 rings (SSSR count). The predicted octanol–water partition coefficient (Wildman–Crippen LogP) is 27.0. The highest BCUT2D eigenvalue weighted by atomic mass is 16.5. The molecule has 1 amide bonds. The van der Waals surface area contributed by atoms with Crippen molar-refractivity contribution in [3.63, 3.8) is 0 Å². The molecule has 526 valence electrons.